The van der Waals surface area contributed by atoms with Crippen LogP contribution in [0.4, 0.5) is 0 Å². The number of hydrogen-bond acceptors (Lipinski definition) is 5. The first kappa shape index (κ1) is 19.5. The average molecular weight is 377 g/mol. The molecule has 0 bridgehead atoms. The van der Waals surface area contributed by atoms with Gasteiger partial charge in [-0.15, -0.1) is 0 Å². The molecule has 0 spiro atoms. The van der Waals surface area contributed by atoms with Gasteiger partial charge in [-0.25, -0.2) is 9.79 Å². The fraction of sp³-hybridized carbons (Fsp3) is 0.261. The number of benzene rings is 2. The van der Waals surface area contributed by atoms with Crippen molar-refractivity contribution in [3.8, 4) is 5.75 Å². The van der Waals surface area contributed by atoms with E-state index in [1.54, 1.807) is 44.2 Å². The second kappa shape index (κ2) is 8.21. The van der Waals surface area contributed by atoms with E-state index in [2.05, 4.69) is 18.8 Å². The molecule has 1 aliphatic heterocycles. The van der Waals surface area contributed by atoms with Crippen LogP contribution in [0.3, 0.4) is 0 Å². The lowest BCUT2D eigenvalue weighted by Gasteiger charge is -2.06. The first-order valence-corrected chi connectivity index (χ1v) is 9.28. The van der Waals surface area contributed by atoms with E-state index in [0.717, 1.165) is 11.1 Å². The molecule has 5 nitrogen and oxygen atoms in total. The summed E-state index contributed by atoms with van der Waals surface area (Å²) in [6.07, 6.45) is 1.64. The van der Waals surface area contributed by atoms with Gasteiger partial charge >= 0.3 is 11.9 Å². The highest BCUT2D eigenvalue weighted by molar-refractivity contribution is 6.12. The Morgan fingerprint density at radius 3 is 2.21 bits per heavy atom. The van der Waals surface area contributed by atoms with Gasteiger partial charge in [0.05, 0.1) is 5.92 Å². The Labute approximate surface area is 164 Å². The smallest absolute Gasteiger partial charge is 0.363 e. The number of esters is 2. The third-order valence-electron chi connectivity index (χ3n) is 4.32. The first-order chi connectivity index (χ1) is 13.3. The van der Waals surface area contributed by atoms with Crippen molar-refractivity contribution in [1.82, 2.24) is 0 Å². The summed E-state index contributed by atoms with van der Waals surface area (Å²) in [7, 11) is 0. The van der Waals surface area contributed by atoms with E-state index >= 15 is 0 Å². The summed E-state index contributed by atoms with van der Waals surface area (Å²) in [5.41, 5.74) is 2.96. The summed E-state index contributed by atoms with van der Waals surface area (Å²) in [5, 5.41) is 0. The van der Waals surface area contributed by atoms with Gasteiger partial charge in [-0.1, -0.05) is 52.0 Å². The van der Waals surface area contributed by atoms with Crippen LogP contribution in [0, 0.1) is 5.92 Å². The van der Waals surface area contributed by atoms with Crippen LogP contribution in [-0.4, -0.2) is 17.8 Å². The van der Waals surface area contributed by atoms with Crippen molar-refractivity contribution in [3.63, 3.8) is 0 Å². The lowest BCUT2D eigenvalue weighted by molar-refractivity contribution is -0.137. The van der Waals surface area contributed by atoms with E-state index < -0.39 is 5.97 Å². The van der Waals surface area contributed by atoms with Crippen LogP contribution in [-0.2, 0) is 14.3 Å². The van der Waals surface area contributed by atoms with Crippen molar-refractivity contribution in [2.75, 3.05) is 0 Å². The maximum Gasteiger partial charge on any atom is 0.363 e. The number of nitrogens with zero attached hydrogens (tertiary/aromatic N) is 1. The van der Waals surface area contributed by atoms with Gasteiger partial charge < -0.3 is 9.47 Å². The van der Waals surface area contributed by atoms with Crippen molar-refractivity contribution in [3.05, 3.63) is 70.9 Å². The summed E-state index contributed by atoms with van der Waals surface area (Å²) in [6.45, 7) is 7.80. The van der Waals surface area contributed by atoms with E-state index in [9.17, 15) is 9.59 Å². The quantitative estimate of drug-likeness (QED) is 0.430. The van der Waals surface area contributed by atoms with E-state index in [1.165, 1.54) is 5.56 Å². The Morgan fingerprint density at radius 2 is 1.64 bits per heavy atom. The Bertz CT molecular complexity index is 936. The van der Waals surface area contributed by atoms with E-state index in [1.807, 2.05) is 24.3 Å². The number of hydrogen-bond donors (Lipinski definition) is 0. The second-order valence-electron chi connectivity index (χ2n) is 7.26. The zero-order valence-corrected chi connectivity index (χ0v) is 16.4. The number of ether oxygens (including phenoxy) is 2. The molecular formula is C23H23NO4. The number of carbonyl (C=O) groups is 2. The van der Waals surface area contributed by atoms with Gasteiger partial charge in [0, 0.05) is 5.56 Å². The van der Waals surface area contributed by atoms with Gasteiger partial charge in [0.15, 0.2) is 5.70 Å². The molecule has 28 heavy (non-hydrogen) atoms. The first-order valence-electron chi connectivity index (χ1n) is 9.28. The maximum atomic E-state index is 12.2. The molecule has 0 amide bonds. The lowest BCUT2D eigenvalue weighted by atomic mass is 10.0. The molecule has 0 aliphatic carbocycles. The third kappa shape index (κ3) is 4.55. The molecule has 0 radical (unpaired) electrons. The molecule has 2 aromatic rings. The molecule has 3 rings (SSSR count). The van der Waals surface area contributed by atoms with Crippen LogP contribution in [0.1, 0.15) is 50.3 Å². The fourth-order valence-electron chi connectivity index (χ4n) is 2.57. The minimum Gasteiger partial charge on any atom is -0.426 e. The minimum atomic E-state index is -0.488. The van der Waals surface area contributed by atoms with Gasteiger partial charge in [-0.3, -0.25) is 4.79 Å². The summed E-state index contributed by atoms with van der Waals surface area (Å²) >= 11 is 0. The van der Waals surface area contributed by atoms with Gasteiger partial charge in [0.2, 0.25) is 5.90 Å². The number of cyclic esters (lactones) is 1. The topological polar surface area (TPSA) is 65.0 Å². The van der Waals surface area contributed by atoms with Crippen LogP contribution in [0.5, 0.6) is 5.75 Å². The molecule has 5 heteroatoms. The lowest BCUT2D eigenvalue weighted by Crippen LogP contribution is -2.14. The molecule has 144 valence electrons. The SMILES string of the molecule is CC(C)C(=O)Oc1ccc(/C=C2\N=C(c3ccc(C(C)C)cc3)OC2=O)cc1. The molecule has 1 heterocycles. The molecule has 0 aromatic heterocycles. The zero-order chi connectivity index (χ0) is 20.3. The van der Waals surface area contributed by atoms with Crippen molar-refractivity contribution in [2.45, 2.75) is 33.6 Å². The van der Waals surface area contributed by atoms with Crippen LogP contribution in [0.15, 0.2) is 59.2 Å². The fourth-order valence-corrected chi connectivity index (χ4v) is 2.57. The molecule has 0 saturated carbocycles. The highest BCUT2D eigenvalue weighted by Gasteiger charge is 2.24. The number of rotatable bonds is 5. The highest BCUT2D eigenvalue weighted by Crippen LogP contribution is 2.22. The van der Waals surface area contributed by atoms with Gasteiger partial charge in [-0.2, -0.15) is 0 Å². The van der Waals surface area contributed by atoms with E-state index in [4.69, 9.17) is 9.47 Å². The molecular weight excluding hydrogens is 354 g/mol. The molecule has 0 atom stereocenters. The van der Waals surface area contributed by atoms with E-state index in [-0.39, 0.29) is 17.6 Å². The van der Waals surface area contributed by atoms with Gasteiger partial charge in [0.1, 0.15) is 5.75 Å². The van der Waals surface area contributed by atoms with Crippen LogP contribution in [0.25, 0.3) is 6.08 Å². The molecule has 0 unspecified atom stereocenters. The minimum absolute atomic E-state index is 0.197. The summed E-state index contributed by atoms with van der Waals surface area (Å²) in [4.78, 5) is 28.1. The number of carbonyl (C=O) groups excluding carboxylic acids is 2. The Morgan fingerprint density at radius 1 is 1.00 bits per heavy atom. The average Bonchev–Trinajstić information content (AvgIpc) is 3.03. The van der Waals surface area contributed by atoms with Crippen molar-refractivity contribution in [1.29, 1.82) is 0 Å². The van der Waals surface area contributed by atoms with Crippen molar-refractivity contribution < 1.29 is 19.1 Å². The van der Waals surface area contributed by atoms with Gasteiger partial charge in [0.25, 0.3) is 0 Å². The normalized spacial score (nSPS) is 15.1. The monoisotopic (exact) mass is 377 g/mol. The molecule has 2 aromatic carbocycles. The summed E-state index contributed by atoms with van der Waals surface area (Å²) in [6, 6.07) is 14.7. The predicted octanol–water partition coefficient (Wildman–Crippen LogP) is 4.72. The van der Waals surface area contributed by atoms with Crippen molar-refractivity contribution in [2.24, 2.45) is 10.9 Å². The summed E-state index contributed by atoms with van der Waals surface area (Å²) < 4.78 is 10.6. The molecule has 0 saturated heterocycles. The van der Waals surface area contributed by atoms with E-state index in [0.29, 0.717) is 17.6 Å². The Hall–Kier alpha value is -3.21. The predicted molar refractivity (Wildman–Crippen MR) is 108 cm³/mol. The third-order valence-corrected chi connectivity index (χ3v) is 4.32. The van der Waals surface area contributed by atoms with Crippen LogP contribution >= 0.6 is 0 Å². The second-order valence-corrected chi connectivity index (χ2v) is 7.26. The zero-order valence-electron chi connectivity index (χ0n) is 16.4. The highest BCUT2D eigenvalue weighted by atomic mass is 16.6. The maximum absolute atomic E-state index is 12.2. The Balaban J connectivity index is 1.76. The molecule has 1 aliphatic rings. The summed E-state index contributed by atoms with van der Waals surface area (Å²) in [5.74, 6) is 0.220. The standard InChI is InChI=1S/C23H23NO4/c1-14(2)17-7-9-18(10-8-17)21-24-20(23(26)28-21)13-16-5-11-19(12-6-16)27-22(25)15(3)4/h5-15H,1-4H3/b20-13-. The van der Waals surface area contributed by atoms with Crippen molar-refractivity contribution >= 4 is 23.9 Å². The largest absolute Gasteiger partial charge is 0.426 e. The molecule has 0 N–H and O–H groups in total. The Kier molecular flexibility index (Phi) is 5.73. The molecule has 0 fully saturated rings. The number of aliphatic imine (C=N–C) groups is 1. The van der Waals surface area contributed by atoms with Gasteiger partial charge in [-0.05, 0) is 47.4 Å². The van der Waals surface area contributed by atoms with Crippen LogP contribution in [0.2, 0.25) is 0 Å². The van der Waals surface area contributed by atoms with Crippen LogP contribution < -0.4 is 4.74 Å².